The maximum Gasteiger partial charge on any atom is 0.276 e. The molecule has 0 bridgehead atoms. The number of nitro benzene ring substituents is 1. The van der Waals surface area contributed by atoms with Gasteiger partial charge in [0.2, 0.25) is 0 Å². The SMILES string of the molecule is Cc1cc(CN2CCSCC2)ccc1NC(=O)c1cc(F)c(C)c([N+](=O)[O-])c1. The van der Waals surface area contributed by atoms with Crippen LogP contribution in [0.25, 0.3) is 0 Å². The van der Waals surface area contributed by atoms with Crippen molar-refractivity contribution in [2.45, 2.75) is 20.4 Å². The molecule has 1 heterocycles. The van der Waals surface area contributed by atoms with Crippen molar-refractivity contribution in [1.82, 2.24) is 4.90 Å². The molecular formula is C20H22FN3O3S. The monoisotopic (exact) mass is 403 g/mol. The van der Waals surface area contributed by atoms with Crippen LogP contribution in [-0.4, -0.2) is 40.3 Å². The first-order valence-corrected chi connectivity index (χ1v) is 10.2. The Bertz CT molecular complexity index is 914. The van der Waals surface area contributed by atoms with Gasteiger partial charge in [0.15, 0.2) is 0 Å². The fourth-order valence-corrected chi connectivity index (χ4v) is 4.14. The van der Waals surface area contributed by atoms with Gasteiger partial charge in [0.05, 0.1) is 10.5 Å². The van der Waals surface area contributed by atoms with E-state index in [1.165, 1.54) is 12.5 Å². The average Bonchev–Trinajstić information content (AvgIpc) is 2.66. The first kappa shape index (κ1) is 20.3. The summed E-state index contributed by atoms with van der Waals surface area (Å²) in [7, 11) is 0. The minimum Gasteiger partial charge on any atom is -0.322 e. The highest BCUT2D eigenvalue weighted by Crippen LogP contribution is 2.24. The van der Waals surface area contributed by atoms with Crippen LogP contribution in [0.15, 0.2) is 30.3 Å². The predicted octanol–water partition coefficient (Wildman–Crippen LogP) is 4.15. The van der Waals surface area contributed by atoms with Gasteiger partial charge in [-0.25, -0.2) is 4.39 Å². The molecule has 2 aromatic carbocycles. The molecule has 0 aromatic heterocycles. The van der Waals surface area contributed by atoms with Gasteiger partial charge in [-0.1, -0.05) is 12.1 Å². The van der Waals surface area contributed by atoms with Crippen molar-refractivity contribution in [2.75, 3.05) is 29.9 Å². The van der Waals surface area contributed by atoms with E-state index in [2.05, 4.69) is 10.2 Å². The molecule has 1 N–H and O–H groups in total. The molecule has 28 heavy (non-hydrogen) atoms. The van der Waals surface area contributed by atoms with Crippen molar-refractivity contribution in [3.8, 4) is 0 Å². The molecule has 1 saturated heterocycles. The topological polar surface area (TPSA) is 75.5 Å². The van der Waals surface area contributed by atoms with E-state index < -0.39 is 22.3 Å². The van der Waals surface area contributed by atoms with Crippen LogP contribution in [0.5, 0.6) is 0 Å². The second kappa shape index (κ2) is 8.70. The fraction of sp³-hybridized carbons (Fsp3) is 0.350. The molecule has 6 nitrogen and oxygen atoms in total. The third-order valence-corrected chi connectivity index (χ3v) is 5.77. The lowest BCUT2D eigenvalue weighted by atomic mass is 10.1. The lowest BCUT2D eigenvalue weighted by Gasteiger charge is -2.26. The average molecular weight is 403 g/mol. The molecule has 3 rings (SSSR count). The van der Waals surface area contributed by atoms with E-state index in [4.69, 9.17) is 0 Å². The van der Waals surface area contributed by atoms with Crippen LogP contribution < -0.4 is 5.32 Å². The molecule has 148 valence electrons. The van der Waals surface area contributed by atoms with Crippen LogP contribution in [0.4, 0.5) is 15.8 Å². The zero-order valence-corrected chi connectivity index (χ0v) is 16.6. The Balaban J connectivity index is 1.74. The smallest absolute Gasteiger partial charge is 0.276 e. The number of hydrogen-bond acceptors (Lipinski definition) is 5. The van der Waals surface area contributed by atoms with Crippen LogP contribution in [-0.2, 0) is 6.54 Å². The van der Waals surface area contributed by atoms with Crippen molar-refractivity contribution in [3.05, 3.63) is 68.5 Å². The highest BCUT2D eigenvalue weighted by atomic mass is 32.2. The Morgan fingerprint density at radius 2 is 1.96 bits per heavy atom. The molecule has 1 fully saturated rings. The second-order valence-corrected chi connectivity index (χ2v) is 8.08. The summed E-state index contributed by atoms with van der Waals surface area (Å²) in [6.45, 7) is 6.22. The van der Waals surface area contributed by atoms with Crippen LogP contribution in [0.3, 0.4) is 0 Å². The number of thioether (sulfide) groups is 1. The summed E-state index contributed by atoms with van der Waals surface area (Å²) in [5.41, 5.74) is 2.09. The second-order valence-electron chi connectivity index (χ2n) is 6.85. The minimum atomic E-state index is -0.772. The van der Waals surface area contributed by atoms with Crippen LogP contribution in [0, 0.1) is 29.8 Å². The molecular weight excluding hydrogens is 381 g/mol. The maximum atomic E-state index is 14.0. The standard InChI is InChI=1S/C20H22FN3O3S/c1-13-9-15(12-23-5-7-28-8-6-23)3-4-18(13)22-20(25)16-10-17(21)14(2)19(11-16)24(26)27/h3-4,9-11H,5-8,12H2,1-2H3,(H,22,25). The molecule has 1 amide bonds. The van der Waals surface area contributed by atoms with Gasteiger partial charge >= 0.3 is 0 Å². The molecule has 8 heteroatoms. The Morgan fingerprint density at radius 3 is 2.61 bits per heavy atom. The zero-order valence-electron chi connectivity index (χ0n) is 15.8. The third-order valence-electron chi connectivity index (χ3n) is 4.82. The molecule has 0 unspecified atom stereocenters. The van der Waals surface area contributed by atoms with E-state index in [1.54, 1.807) is 0 Å². The van der Waals surface area contributed by atoms with Crippen LogP contribution in [0.2, 0.25) is 0 Å². The van der Waals surface area contributed by atoms with Crippen LogP contribution >= 0.6 is 11.8 Å². The van der Waals surface area contributed by atoms with Gasteiger partial charge in [-0.15, -0.1) is 0 Å². The Kier molecular flexibility index (Phi) is 6.31. The minimum absolute atomic E-state index is 0.0795. The van der Waals surface area contributed by atoms with Gasteiger partial charge in [-0.3, -0.25) is 19.8 Å². The van der Waals surface area contributed by atoms with E-state index >= 15 is 0 Å². The van der Waals surface area contributed by atoms with Gasteiger partial charge in [-0.2, -0.15) is 11.8 Å². The Morgan fingerprint density at radius 1 is 1.25 bits per heavy atom. The summed E-state index contributed by atoms with van der Waals surface area (Å²) in [5, 5.41) is 13.8. The van der Waals surface area contributed by atoms with Gasteiger partial charge in [0.25, 0.3) is 11.6 Å². The number of carbonyl (C=O) groups excluding carboxylic acids is 1. The summed E-state index contributed by atoms with van der Waals surface area (Å²) in [5.74, 6) is 0.940. The molecule has 2 aromatic rings. The number of hydrogen-bond donors (Lipinski definition) is 1. The summed E-state index contributed by atoms with van der Waals surface area (Å²) < 4.78 is 14.0. The predicted molar refractivity (Wildman–Crippen MR) is 110 cm³/mol. The van der Waals surface area contributed by atoms with Gasteiger partial charge in [-0.05, 0) is 37.1 Å². The summed E-state index contributed by atoms with van der Waals surface area (Å²) in [4.78, 5) is 25.3. The third kappa shape index (κ3) is 4.69. The van der Waals surface area contributed by atoms with Crippen molar-refractivity contribution in [1.29, 1.82) is 0 Å². The molecule has 1 aliphatic rings. The first-order chi connectivity index (χ1) is 13.3. The number of nitrogens with zero attached hydrogens (tertiary/aromatic N) is 2. The summed E-state index contributed by atoms with van der Waals surface area (Å²) >= 11 is 1.97. The molecule has 0 radical (unpaired) electrons. The number of carbonyl (C=O) groups is 1. The van der Waals surface area contributed by atoms with E-state index in [1.807, 2.05) is 36.9 Å². The number of nitrogens with one attached hydrogen (secondary N) is 1. The Hall–Kier alpha value is -2.45. The highest BCUT2D eigenvalue weighted by molar-refractivity contribution is 7.99. The normalized spacial score (nSPS) is 14.7. The van der Waals surface area contributed by atoms with E-state index in [0.717, 1.165) is 48.8 Å². The Labute approximate surface area is 167 Å². The molecule has 0 atom stereocenters. The number of anilines is 1. The highest BCUT2D eigenvalue weighted by Gasteiger charge is 2.20. The quantitative estimate of drug-likeness (QED) is 0.600. The largest absolute Gasteiger partial charge is 0.322 e. The maximum absolute atomic E-state index is 14.0. The van der Waals surface area contributed by atoms with Gasteiger partial charge in [0.1, 0.15) is 5.82 Å². The lowest BCUT2D eigenvalue weighted by Crippen LogP contribution is -2.31. The number of amides is 1. The van der Waals surface area contributed by atoms with E-state index in [0.29, 0.717) is 5.69 Å². The number of nitro groups is 1. The lowest BCUT2D eigenvalue weighted by molar-refractivity contribution is -0.385. The van der Waals surface area contributed by atoms with Crippen molar-refractivity contribution in [3.63, 3.8) is 0 Å². The van der Waals surface area contributed by atoms with Crippen LogP contribution in [0.1, 0.15) is 27.0 Å². The summed E-state index contributed by atoms with van der Waals surface area (Å²) in [6, 6.07) is 7.93. The molecule has 0 aliphatic carbocycles. The molecule has 1 aliphatic heterocycles. The number of halogens is 1. The van der Waals surface area contributed by atoms with Gasteiger partial charge < -0.3 is 5.32 Å². The van der Waals surface area contributed by atoms with Gasteiger partial charge in [0, 0.05) is 48.5 Å². The van der Waals surface area contributed by atoms with Crippen molar-refractivity contribution < 1.29 is 14.1 Å². The molecule has 0 saturated carbocycles. The fourth-order valence-electron chi connectivity index (χ4n) is 3.16. The molecule has 0 spiro atoms. The summed E-state index contributed by atoms with van der Waals surface area (Å²) in [6.07, 6.45) is 0. The van der Waals surface area contributed by atoms with Crippen molar-refractivity contribution >= 4 is 29.0 Å². The first-order valence-electron chi connectivity index (χ1n) is 9.00. The van der Waals surface area contributed by atoms with Crippen molar-refractivity contribution in [2.24, 2.45) is 0 Å². The number of benzene rings is 2. The number of rotatable bonds is 5. The zero-order chi connectivity index (χ0) is 20.3. The number of aryl methyl sites for hydroxylation is 1. The van der Waals surface area contributed by atoms with E-state index in [-0.39, 0.29) is 11.1 Å². The van der Waals surface area contributed by atoms with E-state index in [9.17, 15) is 19.3 Å².